The summed E-state index contributed by atoms with van der Waals surface area (Å²) in [6.07, 6.45) is 7.94. The number of amides is 1. The van der Waals surface area contributed by atoms with Crippen LogP contribution in [0.4, 0.5) is 5.69 Å². The molecule has 1 aromatic rings. The molecule has 380 valence electrons. The molecule has 4 rings (SSSR count). The Hall–Kier alpha value is -3.07. The SMILES string of the molecule is COCCOCCOCCOCC[N+](CCCS(=O)(=O)[O-])=c1ccc2c(/C=C/C=C3\N(CCCCCC(=O)N[NH3+])c4ccc(S(=O)(=O)[O-])cc4C3(C)CCCS(=O)(=O)[O-])cc(C(C)(C)C)oc-2c1.[Na+]. The summed E-state index contributed by atoms with van der Waals surface area (Å²) in [7, 11) is -12.3. The standard InChI is InChI=1S/C46H68N4O15S3.Na/c1-45(2,3)43-32-35(38-17-15-36(33-41(38)65-43)49(20-11-31-67(55,56)57)22-23-62-26-27-64-29-28-63-25-24-61-5)12-9-13-42-46(4,19-10-30-66(52,53)54)39-34-37(68(58,59)60)16-18-40(39)50(42)21-8-6-7-14-44(51)48-47;/h9,12-13,15-18,32-34H,6-8,10-11,14,19-31,47H2,1-5H3,(H3-,48,51,52,53,54,55,56,57,58,59,60);/q;+1/p-1. The van der Waals surface area contributed by atoms with Crippen LogP contribution in [0.5, 0.6) is 0 Å². The summed E-state index contributed by atoms with van der Waals surface area (Å²) >= 11 is 0. The number of anilines is 1. The zero-order valence-electron chi connectivity index (χ0n) is 40.7. The Morgan fingerprint density at radius 3 is 2.07 bits per heavy atom. The van der Waals surface area contributed by atoms with Gasteiger partial charge >= 0.3 is 29.6 Å². The van der Waals surface area contributed by atoms with E-state index in [9.17, 15) is 43.7 Å². The molecule has 1 atom stereocenters. The van der Waals surface area contributed by atoms with E-state index in [1.165, 1.54) is 12.1 Å². The smallest absolute Gasteiger partial charge is 0.748 e. The number of methoxy groups -OCH3 is 1. The van der Waals surface area contributed by atoms with Crippen LogP contribution in [0.3, 0.4) is 0 Å². The van der Waals surface area contributed by atoms with Crippen LogP contribution in [0.1, 0.15) is 89.5 Å². The molecular weight excluding hydrogens is 968 g/mol. The molecule has 4 N–H and O–H groups in total. The number of ether oxygens (including phenoxy) is 4. The van der Waals surface area contributed by atoms with Gasteiger partial charge in [-0.15, -0.1) is 0 Å². The van der Waals surface area contributed by atoms with E-state index in [0.717, 1.165) is 11.1 Å². The molecule has 1 unspecified atom stereocenters. The Morgan fingerprint density at radius 2 is 1.46 bits per heavy atom. The third kappa shape index (κ3) is 19.5. The van der Waals surface area contributed by atoms with Crippen molar-refractivity contribution in [1.82, 2.24) is 10.0 Å². The molecule has 1 amide bonds. The second-order valence-electron chi connectivity index (χ2n) is 17.7. The largest absolute Gasteiger partial charge is 1.00 e. The molecule has 1 aromatic carbocycles. The van der Waals surface area contributed by atoms with Gasteiger partial charge in [-0.05, 0) is 80.1 Å². The van der Waals surface area contributed by atoms with Gasteiger partial charge in [0.1, 0.15) is 34.8 Å². The van der Waals surface area contributed by atoms with Crippen molar-refractivity contribution < 1.29 is 102 Å². The molecule has 23 heteroatoms. The summed E-state index contributed by atoms with van der Waals surface area (Å²) in [5.41, 5.74) is 4.21. The van der Waals surface area contributed by atoms with Gasteiger partial charge in [-0.1, -0.05) is 39.3 Å². The van der Waals surface area contributed by atoms with E-state index in [0.29, 0.717) is 106 Å². The number of nitrogens with one attached hydrogen (secondary N) is 1. The first-order valence-electron chi connectivity index (χ1n) is 22.6. The van der Waals surface area contributed by atoms with E-state index in [4.69, 9.17) is 23.4 Å². The molecule has 0 spiro atoms. The number of nitrogens with zero attached hydrogens (tertiary/aromatic N) is 2. The number of rotatable bonds is 29. The first-order valence-corrected chi connectivity index (χ1v) is 27.1. The molecule has 0 saturated carbocycles. The minimum absolute atomic E-state index is 0. The normalized spacial score (nSPS) is 16.6. The molecule has 0 saturated heterocycles. The number of carbonyl (C=O) groups excluding carboxylic acids is 1. The maximum atomic E-state index is 12.3. The van der Waals surface area contributed by atoms with Gasteiger partial charge in [0.05, 0.1) is 70.8 Å². The maximum absolute atomic E-state index is 12.3. The first kappa shape index (κ1) is 60.2. The third-order valence-electron chi connectivity index (χ3n) is 11.5. The fraction of sp³-hybridized carbons (Fsp3) is 0.565. The van der Waals surface area contributed by atoms with Crippen LogP contribution in [0.2, 0.25) is 0 Å². The van der Waals surface area contributed by atoms with E-state index < -0.39 is 57.6 Å². The molecule has 1 aliphatic carbocycles. The van der Waals surface area contributed by atoms with Crippen molar-refractivity contribution in [3.8, 4) is 11.3 Å². The summed E-state index contributed by atoms with van der Waals surface area (Å²) in [5.74, 6) is 3.23. The second kappa shape index (κ2) is 27.7. The van der Waals surface area contributed by atoms with Crippen molar-refractivity contribution in [2.24, 2.45) is 0 Å². The summed E-state index contributed by atoms with van der Waals surface area (Å²) in [4.78, 5) is 13.4. The topological polar surface area (TPSA) is 285 Å². The zero-order chi connectivity index (χ0) is 50.2. The van der Waals surface area contributed by atoms with Gasteiger partial charge in [0.15, 0.2) is 6.54 Å². The van der Waals surface area contributed by atoms with Gasteiger partial charge < -0.3 is 41.9 Å². The Balaban J connectivity index is 0.0000126. The quantitative estimate of drug-likeness (QED) is 0.0300. The van der Waals surface area contributed by atoms with Crippen molar-refractivity contribution in [3.63, 3.8) is 0 Å². The fourth-order valence-electron chi connectivity index (χ4n) is 7.92. The maximum Gasteiger partial charge on any atom is 1.00 e. The van der Waals surface area contributed by atoms with Crippen LogP contribution in [-0.4, -0.2) is 129 Å². The van der Waals surface area contributed by atoms with Crippen molar-refractivity contribution in [2.45, 2.75) is 88.4 Å². The average Bonchev–Trinajstić information content (AvgIpc) is 3.48. The zero-order valence-corrected chi connectivity index (χ0v) is 45.1. The number of hydrogen-bond acceptors (Lipinski definition) is 16. The van der Waals surface area contributed by atoms with Gasteiger partial charge in [-0.25, -0.2) is 35.3 Å². The van der Waals surface area contributed by atoms with Gasteiger partial charge in [0.25, 0.3) is 5.91 Å². The summed E-state index contributed by atoms with van der Waals surface area (Å²) in [6, 6.07) is 11.7. The molecule has 3 aliphatic rings. The Labute approximate surface area is 429 Å². The predicted octanol–water partition coefficient (Wildman–Crippen LogP) is -0.172. The molecular formula is C46H67N4NaO15S3. The van der Waals surface area contributed by atoms with E-state index in [1.807, 2.05) is 79.7 Å². The third-order valence-corrected chi connectivity index (χ3v) is 13.9. The predicted molar refractivity (Wildman–Crippen MR) is 252 cm³/mol. The van der Waals surface area contributed by atoms with E-state index in [2.05, 4.69) is 11.3 Å². The number of carbonyl (C=O) groups is 1. The molecule has 69 heavy (non-hydrogen) atoms. The molecule has 0 bridgehead atoms. The van der Waals surface area contributed by atoms with Crippen LogP contribution in [0, 0.1) is 0 Å². The van der Waals surface area contributed by atoms with Crippen molar-refractivity contribution in [1.29, 1.82) is 0 Å². The van der Waals surface area contributed by atoms with Gasteiger partial charge in [0.2, 0.25) is 5.36 Å². The number of hydrogen-bond donors (Lipinski definition) is 2. The Morgan fingerprint density at radius 1 is 0.826 bits per heavy atom. The minimum Gasteiger partial charge on any atom is -0.748 e. The molecule has 19 nitrogen and oxygen atoms in total. The number of fused-ring (bicyclic) bond motifs is 2. The van der Waals surface area contributed by atoms with Crippen molar-refractivity contribution in [2.75, 3.05) is 89.4 Å². The van der Waals surface area contributed by atoms with Crippen LogP contribution in [0.15, 0.2) is 69.6 Å². The first-order chi connectivity index (χ1) is 32.0. The van der Waals surface area contributed by atoms with E-state index in [1.54, 1.807) is 13.2 Å². The van der Waals surface area contributed by atoms with E-state index in [-0.39, 0.29) is 74.3 Å². The van der Waals surface area contributed by atoms with E-state index >= 15 is 0 Å². The van der Waals surface area contributed by atoms with Crippen LogP contribution in [0.25, 0.3) is 17.4 Å². The van der Waals surface area contributed by atoms with Gasteiger partial charge in [-0.2, -0.15) is 0 Å². The fourth-order valence-corrected chi connectivity index (χ4v) is 9.40. The minimum atomic E-state index is -4.87. The monoisotopic (exact) mass is 1030 g/mol. The van der Waals surface area contributed by atoms with Gasteiger partial charge in [0, 0.05) is 71.8 Å². The van der Waals surface area contributed by atoms with Crippen molar-refractivity contribution >= 4 is 48.0 Å². The Kier molecular flexibility index (Phi) is 24.2. The summed E-state index contributed by atoms with van der Waals surface area (Å²) in [5, 5.41) is 0.711. The summed E-state index contributed by atoms with van der Waals surface area (Å²) < 4.78 is 137. The van der Waals surface area contributed by atoms with Crippen LogP contribution in [-0.2, 0) is 64.9 Å². The second-order valence-corrected chi connectivity index (χ2v) is 22.2. The van der Waals surface area contributed by atoms with Crippen LogP contribution < -0.4 is 55.7 Å². The molecule has 0 fully saturated rings. The van der Waals surface area contributed by atoms with Crippen LogP contribution >= 0.6 is 0 Å². The number of allylic oxidation sites excluding steroid dienone is 3. The number of quaternary nitrogens is 1. The number of unbranched alkanes of at least 4 members (excludes halogenated alkanes) is 2. The molecule has 0 radical (unpaired) electrons. The average molecular weight is 1040 g/mol. The summed E-state index contributed by atoms with van der Waals surface area (Å²) in [6.45, 7) is 11.6. The Bertz CT molecular complexity index is 2600. The molecule has 2 aliphatic heterocycles. The van der Waals surface area contributed by atoms with Gasteiger partial charge in [-0.3, -0.25) is 10.6 Å². The molecule has 2 heterocycles. The van der Waals surface area contributed by atoms with Crippen molar-refractivity contribution in [3.05, 3.63) is 82.6 Å². The molecule has 0 aromatic heterocycles. The number of benzene rings is 2.